The van der Waals surface area contributed by atoms with Gasteiger partial charge in [-0.15, -0.1) is 0 Å². The summed E-state index contributed by atoms with van der Waals surface area (Å²) < 4.78 is 9.54. The van der Waals surface area contributed by atoms with Gasteiger partial charge in [0.15, 0.2) is 0 Å². The molecule has 0 spiro atoms. The first kappa shape index (κ1) is 15.0. The van der Waals surface area contributed by atoms with Gasteiger partial charge in [0.05, 0.1) is 7.11 Å². The van der Waals surface area contributed by atoms with Gasteiger partial charge in [-0.3, -0.25) is 0 Å². The molecule has 2 unspecified atom stereocenters. The van der Waals surface area contributed by atoms with E-state index in [0.717, 1.165) is 5.56 Å². The van der Waals surface area contributed by atoms with Crippen molar-refractivity contribution in [3.63, 3.8) is 0 Å². The second-order valence-electron chi connectivity index (χ2n) is 4.07. The predicted molar refractivity (Wildman–Crippen MR) is 69.2 cm³/mol. The molecule has 0 radical (unpaired) electrons. The molecule has 6 heteroatoms. The number of methoxy groups -OCH3 is 1. The monoisotopic (exact) mass is 266 g/mol. The minimum absolute atomic E-state index is 0.125. The first-order valence-corrected chi connectivity index (χ1v) is 5.85. The Hall–Kier alpha value is -2.08. The molecule has 19 heavy (non-hydrogen) atoms. The standard InChI is InChI=1S/C13H18N2O4/c1-9(14)11(12(16)18-2)15-13(17)19-8-10-6-4-3-5-7-10/h3-7,9,11H,8,14H2,1-2H3,(H,15,17). The van der Waals surface area contributed by atoms with Crippen LogP contribution in [0, 0.1) is 0 Å². The molecule has 0 fully saturated rings. The molecule has 0 aliphatic carbocycles. The lowest BCUT2D eigenvalue weighted by atomic mass is 10.1. The van der Waals surface area contributed by atoms with Gasteiger partial charge in [-0.1, -0.05) is 30.3 Å². The van der Waals surface area contributed by atoms with E-state index in [9.17, 15) is 9.59 Å². The van der Waals surface area contributed by atoms with E-state index in [1.807, 2.05) is 30.3 Å². The van der Waals surface area contributed by atoms with Gasteiger partial charge in [-0.25, -0.2) is 9.59 Å². The molecule has 0 saturated heterocycles. The number of benzene rings is 1. The third-order valence-electron chi connectivity index (χ3n) is 2.47. The highest BCUT2D eigenvalue weighted by atomic mass is 16.6. The summed E-state index contributed by atoms with van der Waals surface area (Å²) in [5.41, 5.74) is 6.45. The van der Waals surface area contributed by atoms with E-state index in [0.29, 0.717) is 0 Å². The minimum atomic E-state index is -0.923. The smallest absolute Gasteiger partial charge is 0.408 e. The number of esters is 1. The van der Waals surface area contributed by atoms with Crippen molar-refractivity contribution >= 4 is 12.1 Å². The van der Waals surface area contributed by atoms with Gasteiger partial charge in [-0.05, 0) is 12.5 Å². The molecule has 0 aromatic heterocycles. The Morgan fingerprint density at radius 1 is 1.32 bits per heavy atom. The molecule has 1 amide bonds. The largest absolute Gasteiger partial charge is 0.467 e. The topological polar surface area (TPSA) is 90.6 Å². The Bertz CT molecular complexity index is 420. The van der Waals surface area contributed by atoms with E-state index in [4.69, 9.17) is 10.5 Å². The lowest BCUT2D eigenvalue weighted by Crippen LogP contribution is -2.51. The lowest BCUT2D eigenvalue weighted by molar-refractivity contribution is -0.143. The van der Waals surface area contributed by atoms with Gasteiger partial charge < -0.3 is 20.5 Å². The van der Waals surface area contributed by atoms with E-state index < -0.39 is 24.1 Å². The van der Waals surface area contributed by atoms with Crippen LogP contribution in [0.4, 0.5) is 4.79 Å². The number of nitrogens with one attached hydrogen (secondary N) is 1. The molecule has 3 N–H and O–H groups in total. The number of carbonyl (C=O) groups is 2. The van der Waals surface area contributed by atoms with Gasteiger partial charge in [0, 0.05) is 6.04 Å². The second kappa shape index (κ2) is 7.38. The maximum Gasteiger partial charge on any atom is 0.408 e. The third-order valence-corrected chi connectivity index (χ3v) is 2.47. The molecule has 2 atom stereocenters. The minimum Gasteiger partial charge on any atom is -0.467 e. The summed E-state index contributed by atoms with van der Waals surface area (Å²) in [5, 5.41) is 2.38. The van der Waals surface area contributed by atoms with Crippen molar-refractivity contribution in [2.75, 3.05) is 7.11 Å². The van der Waals surface area contributed by atoms with Crippen LogP contribution >= 0.6 is 0 Å². The second-order valence-corrected chi connectivity index (χ2v) is 4.07. The maximum absolute atomic E-state index is 11.6. The SMILES string of the molecule is COC(=O)C(NC(=O)OCc1ccccc1)C(C)N. The van der Waals surface area contributed by atoms with Crippen LogP contribution in [0.25, 0.3) is 0 Å². The Morgan fingerprint density at radius 3 is 2.47 bits per heavy atom. The van der Waals surface area contributed by atoms with Gasteiger partial charge in [0.2, 0.25) is 0 Å². The van der Waals surface area contributed by atoms with Crippen molar-refractivity contribution in [1.82, 2.24) is 5.32 Å². The summed E-state index contributed by atoms with van der Waals surface area (Å²) in [6, 6.07) is 7.72. The molecule has 0 aliphatic heterocycles. The predicted octanol–water partition coefficient (Wildman–Crippen LogP) is 0.802. The number of amides is 1. The van der Waals surface area contributed by atoms with E-state index in [1.54, 1.807) is 6.92 Å². The normalized spacial score (nSPS) is 13.2. The Kier molecular flexibility index (Phi) is 5.81. The molecule has 104 valence electrons. The molecule has 0 heterocycles. The zero-order valence-corrected chi connectivity index (χ0v) is 11.0. The summed E-state index contributed by atoms with van der Waals surface area (Å²) >= 11 is 0. The Balaban J connectivity index is 2.47. The average Bonchev–Trinajstić information content (AvgIpc) is 2.42. The van der Waals surface area contributed by atoms with E-state index >= 15 is 0 Å². The van der Waals surface area contributed by atoms with Crippen LogP contribution in [0.2, 0.25) is 0 Å². The number of ether oxygens (including phenoxy) is 2. The Labute approximate surface area is 111 Å². The highest BCUT2D eigenvalue weighted by Gasteiger charge is 2.25. The first-order valence-electron chi connectivity index (χ1n) is 5.85. The van der Waals surface area contributed by atoms with Gasteiger partial charge in [0.25, 0.3) is 0 Å². The number of hydrogen-bond acceptors (Lipinski definition) is 5. The fourth-order valence-electron chi connectivity index (χ4n) is 1.42. The summed E-state index contributed by atoms with van der Waals surface area (Å²) in [6.45, 7) is 1.72. The van der Waals surface area contributed by atoms with E-state index in [-0.39, 0.29) is 6.61 Å². The molecule has 0 saturated carbocycles. The van der Waals surface area contributed by atoms with E-state index in [2.05, 4.69) is 10.1 Å². The molecule has 1 aromatic rings. The molecule has 1 rings (SSSR count). The van der Waals surface area contributed by atoms with Gasteiger partial charge >= 0.3 is 12.1 Å². The van der Waals surface area contributed by atoms with Crippen molar-refractivity contribution in [2.24, 2.45) is 5.73 Å². The number of carbonyl (C=O) groups excluding carboxylic acids is 2. The van der Waals surface area contributed by atoms with Gasteiger partial charge in [0.1, 0.15) is 12.6 Å². The molecular weight excluding hydrogens is 248 g/mol. The third kappa shape index (κ3) is 4.97. The maximum atomic E-state index is 11.6. The summed E-state index contributed by atoms with van der Waals surface area (Å²) in [4.78, 5) is 22.9. The van der Waals surface area contributed by atoms with Crippen LogP contribution in [0.3, 0.4) is 0 Å². The van der Waals surface area contributed by atoms with E-state index in [1.165, 1.54) is 7.11 Å². The van der Waals surface area contributed by atoms with Crippen LogP contribution in [0.5, 0.6) is 0 Å². The van der Waals surface area contributed by atoms with Crippen LogP contribution < -0.4 is 11.1 Å². The molecular formula is C13H18N2O4. The quantitative estimate of drug-likeness (QED) is 0.769. The Morgan fingerprint density at radius 2 is 1.95 bits per heavy atom. The summed E-state index contributed by atoms with van der Waals surface area (Å²) in [5.74, 6) is -0.605. The van der Waals surface area contributed by atoms with Crippen molar-refractivity contribution in [3.05, 3.63) is 35.9 Å². The summed E-state index contributed by atoms with van der Waals surface area (Å²) in [7, 11) is 1.23. The number of hydrogen-bond donors (Lipinski definition) is 2. The summed E-state index contributed by atoms with van der Waals surface area (Å²) in [6.07, 6.45) is -0.712. The molecule has 0 aliphatic rings. The van der Waals surface area contributed by atoms with Crippen molar-refractivity contribution < 1.29 is 19.1 Å². The van der Waals surface area contributed by atoms with Crippen LogP contribution in [0.15, 0.2) is 30.3 Å². The first-order chi connectivity index (χ1) is 9.04. The zero-order valence-electron chi connectivity index (χ0n) is 11.0. The van der Waals surface area contributed by atoms with Crippen LogP contribution in [-0.4, -0.2) is 31.3 Å². The molecule has 6 nitrogen and oxygen atoms in total. The number of nitrogens with two attached hydrogens (primary N) is 1. The molecule has 1 aromatic carbocycles. The van der Waals surface area contributed by atoms with Crippen molar-refractivity contribution in [2.45, 2.75) is 25.6 Å². The average molecular weight is 266 g/mol. The highest BCUT2D eigenvalue weighted by Crippen LogP contribution is 2.01. The zero-order chi connectivity index (χ0) is 14.3. The lowest BCUT2D eigenvalue weighted by Gasteiger charge is -2.19. The number of alkyl carbamates (subject to hydrolysis) is 1. The van der Waals surface area contributed by atoms with Crippen molar-refractivity contribution in [1.29, 1.82) is 0 Å². The van der Waals surface area contributed by atoms with Crippen LogP contribution in [-0.2, 0) is 20.9 Å². The van der Waals surface area contributed by atoms with Crippen LogP contribution in [0.1, 0.15) is 12.5 Å². The fraction of sp³-hybridized carbons (Fsp3) is 0.385. The molecule has 0 bridgehead atoms. The highest BCUT2D eigenvalue weighted by molar-refractivity contribution is 5.81. The van der Waals surface area contributed by atoms with Gasteiger partial charge in [-0.2, -0.15) is 0 Å². The van der Waals surface area contributed by atoms with Crippen molar-refractivity contribution in [3.8, 4) is 0 Å². The fourth-order valence-corrected chi connectivity index (χ4v) is 1.42. The number of rotatable bonds is 5.